The molecular formula is C26H27N5O2S. The van der Waals surface area contributed by atoms with Crippen molar-refractivity contribution < 1.29 is 9.32 Å². The first-order valence-electron chi connectivity index (χ1n) is 11.5. The van der Waals surface area contributed by atoms with Gasteiger partial charge in [0.2, 0.25) is 17.6 Å². The van der Waals surface area contributed by atoms with Gasteiger partial charge in [0.1, 0.15) is 0 Å². The molecule has 3 heterocycles. The minimum absolute atomic E-state index is 0.00120. The third-order valence-electron chi connectivity index (χ3n) is 6.18. The highest BCUT2D eigenvalue weighted by atomic mass is 32.1. The van der Waals surface area contributed by atoms with Gasteiger partial charge >= 0.3 is 0 Å². The molecule has 0 saturated carbocycles. The van der Waals surface area contributed by atoms with Crippen LogP contribution in [0.5, 0.6) is 0 Å². The highest BCUT2D eigenvalue weighted by Crippen LogP contribution is 2.24. The molecule has 5 rings (SSSR count). The van der Waals surface area contributed by atoms with Crippen molar-refractivity contribution in [3.8, 4) is 11.4 Å². The maximum atomic E-state index is 12.9. The highest BCUT2D eigenvalue weighted by Gasteiger charge is 2.28. The number of hydrogen-bond donors (Lipinski definition) is 0. The van der Waals surface area contributed by atoms with Crippen molar-refractivity contribution in [2.45, 2.75) is 25.8 Å². The summed E-state index contributed by atoms with van der Waals surface area (Å²) in [7, 11) is 0. The Hall–Kier alpha value is -3.36. The topological polar surface area (TPSA) is 75.4 Å². The molecule has 0 spiro atoms. The summed E-state index contributed by atoms with van der Waals surface area (Å²) in [5.41, 5.74) is 3.03. The van der Waals surface area contributed by atoms with Gasteiger partial charge in [-0.2, -0.15) is 4.98 Å². The van der Waals surface area contributed by atoms with Crippen molar-refractivity contribution in [3.63, 3.8) is 0 Å². The zero-order chi connectivity index (χ0) is 23.3. The van der Waals surface area contributed by atoms with Gasteiger partial charge in [0.05, 0.1) is 23.2 Å². The van der Waals surface area contributed by atoms with Crippen LogP contribution in [-0.2, 0) is 17.6 Å². The van der Waals surface area contributed by atoms with Gasteiger partial charge in [0.25, 0.3) is 0 Å². The first-order chi connectivity index (χ1) is 16.7. The van der Waals surface area contributed by atoms with Crippen LogP contribution < -0.4 is 0 Å². The van der Waals surface area contributed by atoms with Gasteiger partial charge in [0, 0.05) is 43.5 Å². The molecule has 0 N–H and O–H groups in total. The predicted molar refractivity (Wildman–Crippen MR) is 131 cm³/mol. The first-order valence-corrected chi connectivity index (χ1v) is 12.4. The first kappa shape index (κ1) is 22.4. The van der Waals surface area contributed by atoms with Gasteiger partial charge in [-0.15, -0.1) is 11.3 Å². The Morgan fingerprint density at radius 2 is 1.71 bits per heavy atom. The summed E-state index contributed by atoms with van der Waals surface area (Å²) in [6, 6.07) is 20.1. The molecule has 0 radical (unpaired) electrons. The molecule has 4 aromatic rings. The molecule has 174 valence electrons. The third kappa shape index (κ3) is 5.24. The molecule has 0 bridgehead atoms. The molecular weight excluding hydrogens is 446 g/mol. The number of hydrogen-bond acceptors (Lipinski definition) is 7. The van der Waals surface area contributed by atoms with Crippen LogP contribution in [0, 0.1) is 0 Å². The summed E-state index contributed by atoms with van der Waals surface area (Å²) in [4.78, 5) is 26.4. The van der Waals surface area contributed by atoms with Crippen LogP contribution >= 0.6 is 11.3 Å². The number of carbonyl (C=O) groups excluding carboxylic acids is 1. The molecule has 34 heavy (non-hydrogen) atoms. The highest BCUT2D eigenvalue weighted by molar-refractivity contribution is 7.09. The molecule has 0 aliphatic carbocycles. The van der Waals surface area contributed by atoms with E-state index in [0.717, 1.165) is 35.8 Å². The molecule has 1 unspecified atom stereocenters. The van der Waals surface area contributed by atoms with E-state index in [1.165, 1.54) is 5.56 Å². The number of amides is 1. The van der Waals surface area contributed by atoms with E-state index in [2.05, 4.69) is 39.1 Å². The monoisotopic (exact) mass is 473 g/mol. The van der Waals surface area contributed by atoms with Crippen LogP contribution in [0.15, 0.2) is 70.6 Å². The van der Waals surface area contributed by atoms with Crippen molar-refractivity contribution in [3.05, 3.63) is 88.2 Å². The molecule has 1 atom stereocenters. The lowest BCUT2D eigenvalue weighted by Gasteiger charge is -2.36. The standard InChI is InChI=1S/C26H27N5O2S/c1-19(26-28-25(29-33-26)21-10-6-3-7-11-21)30-12-14-31(15-13-30)24(32)17-22-18-34-23(27-22)16-20-8-4-2-5-9-20/h2-11,18-19H,12-17H2,1H3. The fraction of sp³-hybridized carbons (Fsp3) is 0.308. The van der Waals surface area contributed by atoms with Crippen LogP contribution in [0.1, 0.15) is 35.1 Å². The van der Waals surface area contributed by atoms with Crippen LogP contribution in [0.2, 0.25) is 0 Å². The van der Waals surface area contributed by atoms with E-state index in [1.54, 1.807) is 11.3 Å². The fourth-order valence-corrected chi connectivity index (χ4v) is 5.00. The lowest BCUT2D eigenvalue weighted by Crippen LogP contribution is -2.49. The lowest BCUT2D eigenvalue weighted by atomic mass is 10.2. The van der Waals surface area contributed by atoms with Crippen LogP contribution in [0.4, 0.5) is 0 Å². The molecule has 1 aliphatic rings. The van der Waals surface area contributed by atoms with Gasteiger partial charge in [-0.3, -0.25) is 9.69 Å². The van der Waals surface area contributed by atoms with Crippen molar-refractivity contribution in [2.24, 2.45) is 0 Å². The van der Waals surface area contributed by atoms with Gasteiger partial charge in [-0.25, -0.2) is 4.98 Å². The van der Waals surface area contributed by atoms with E-state index in [4.69, 9.17) is 4.52 Å². The largest absolute Gasteiger partial charge is 0.340 e. The van der Waals surface area contributed by atoms with E-state index >= 15 is 0 Å². The second-order valence-corrected chi connectivity index (χ2v) is 9.43. The van der Waals surface area contributed by atoms with Crippen molar-refractivity contribution >= 4 is 17.2 Å². The second kappa shape index (κ2) is 10.3. The summed E-state index contributed by atoms with van der Waals surface area (Å²) in [6.45, 7) is 4.98. The Morgan fingerprint density at radius 3 is 2.44 bits per heavy atom. The van der Waals surface area contributed by atoms with Gasteiger partial charge in [-0.1, -0.05) is 65.8 Å². The minimum atomic E-state index is 0.00120. The Morgan fingerprint density at radius 1 is 1.00 bits per heavy atom. The predicted octanol–water partition coefficient (Wildman–Crippen LogP) is 4.23. The van der Waals surface area contributed by atoms with Crippen molar-refractivity contribution in [1.82, 2.24) is 24.9 Å². The van der Waals surface area contributed by atoms with E-state index in [1.807, 2.05) is 58.8 Å². The van der Waals surface area contributed by atoms with Gasteiger partial charge in [0.15, 0.2) is 0 Å². The number of aromatic nitrogens is 3. The summed E-state index contributed by atoms with van der Waals surface area (Å²) in [5, 5.41) is 7.19. The second-order valence-electron chi connectivity index (χ2n) is 8.49. The molecule has 1 saturated heterocycles. The average molecular weight is 474 g/mol. The molecule has 1 fully saturated rings. The Balaban J connectivity index is 1.13. The van der Waals surface area contributed by atoms with E-state index in [0.29, 0.717) is 31.2 Å². The molecule has 1 amide bonds. The summed E-state index contributed by atoms with van der Waals surface area (Å²) in [5.74, 6) is 1.34. The zero-order valence-electron chi connectivity index (χ0n) is 19.1. The maximum Gasteiger partial charge on any atom is 0.244 e. The summed E-state index contributed by atoms with van der Waals surface area (Å²) in [6.07, 6.45) is 1.16. The van der Waals surface area contributed by atoms with Crippen molar-refractivity contribution in [2.75, 3.05) is 26.2 Å². The SMILES string of the molecule is CC(c1nc(-c2ccccc2)no1)N1CCN(C(=O)Cc2csc(Cc3ccccc3)n2)CC1. The smallest absolute Gasteiger partial charge is 0.244 e. The number of benzene rings is 2. The molecule has 1 aliphatic heterocycles. The molecule has 2 aromatic heterocycles. The Labute approximate surface area is 203 Å². The molecule has 7 nitrogen and oxygen atoms in total. The van der Waals surface area contributed by atoms with Crippen LogP contribution in [-0.4, -0.2) is 57.0 Å². The number of thiazole rings is 1. The average Bonchev–Trinajstić information content (AvgIpc) is 3.55. The summed E-state index contributed by atoms with van der Waals surface area (Å²) < 4.78 is 5.54. The van der Waals surface area contributed by atoms with E-state index < -0.39 is 0 Å². The maximum absolute atomic E-state index is 12.9. The van der Waals surface area contributed by atoms with Crippen LogP contribution in [0.3, 0.4) is 0 Å². The third-order valence-corrected chi connectivity index (χ3v) is 7.07. The molecule has 2 aromatic carbocycles. The van der Waals surface area contributed by atoms with Crippen molar-refractivity contribution in [1.29, 1.82) is 0 Å². The Bertz CT molecular complexity index is 1220. The zero-order valence-corrected chi connectivity index (χ0v) is 19.9. The van der Waals surface area contributed by atoms with Crippen LogP contribution in [0.25, 0.3) is 11.4 Å². The van der Waals surface area contributed by atoms with E-state index in [-0.39, 0.29) is 11.9 Å². The van der Waals surface area contributed by atoms with E-state index in [9.17, 15) is 4.79 Å². The number of rotatable bonds is 7. The molecule has 8 heteroatoms. The number of carbonyl (C=O) groups is 1. The number of piperazine rings is 1. The summed E-state index contributed by atoms with van der Waals surface area (Å²) >= 11 is 1.62. The number of nitrogens with zero attached hydrogens (tertiary/aromatic N) is 5. The van der Waals surface area contributed by atoms with Gasteiger partial charge < -0.3 is 9.42 Å². The fourth-order valence-electron chi connectivity index (χ4n) is 4.17. The quantitative estimate of drug-likeness (QED) is 0.400. The lowest BCUT2D eigenvalue weighted by molar-refractivity contribution is -0.132. The van der Waals surface area contributed by atoms with Gasteiger partial charge in [-0.05, 0) is 12.5 Å². The normalized spacial score (nSPS) is 15.4. The minimum Gasteiger partial charge on any atom is -0.340 e. The Kier molecular flexibility index (Phi) is 6.78.